The van der Waals surface area contributed by atoms with Crippen LogP contribution >= 0.6 is 11.6 Å². The maximum absolute atomic E-state index is 11.5. The van der Waals surface area contributed by atoms with Gasteiger partial charge in [0, 0.05) is 23.8 Å². The van der Waals surface area contributed by atoms with E-state index in [0.29, 0.717) is 24.3 Å². The van der Waals surface area contributed by atoms with E-state index in [2.05, 4.69) is 0 Å². The molecule has 4 heteroatoms. The molecule has 0 spiro atoms. The molecule has 1 aliphatic carbocycles. The first-order valence-corrected chi connectivity index (χ1v) is 5.95. The van der Waals surface area contributed by atoms with E-state index in [1.54, 1.807) is 12.1 Å². The quantitative estimate of drug-likeness (QED) is 0.881. The Balaban J connectivity index is 2.28. The summed E-state index contributed by atoms with van der Waals surface area (Å²) in [5.41, 5.74) is 0.884. The van der Waals surface area contributed by atoms with Gasteiger partial charge in [0.05, 0.1) is 5.92 Å². The van der Waals surface area contributed by atoms with Crippen molar-refractivity contribution >= 4 is 23.4 Å². The van der Waals surface area contributed by atoms with Crippen molar-refractivity contribution in [2.45, 2.75) is 25.2 Å². The third-order valence-corrected chi connectivity index (χ3v) is 3.53. The molecule has 0 unspecified atom stereocenters. The van der Waals surface area contributed by atoms with Crippen LogP contribution in [0.25, 0.3) is 0 Å². The van der Waals surface area contributed by atoms with Crippen LogP contribution in [-0.4, -0.2) is 16.9 Å². The van der Waals surface area contributed by atoms with E-state index in [4.69, 9.17) is 11.6 Å². The lowest BCUT2D eigenvalue weighted by Gasteiger charge is -2.28. The summed E-state index contributed by atoms with van der Waals surface area (Å²) < 4.78 is 0. The maximum Gasteiger partial charge on any atom is 0.307 e. The highest BCUT2D eigenvalue weighted by molar-refractivity contribution is 6.30. The minimum atomic E-state index is -0.822. The monoisotopic (exact) mass is 252 g/mol. The predicted octanol–water partition coefficient (Wildman–Crippen LogP) is 2.88. The number of hydrogen-bond donors (Lipinski definition) is 1. The highest BCUT2D eigenvalue weighted by atomic mass is 35.5. The Bertz CT molecular complexity index is 438. The zero-order valence-corrected chi connectivity index (χ0v) is 9.98. The summed E-state index contributed by atoms with van der Waals surface area (Å²) in [5, 5.41) is 9.79. The first-order valence-electron chi connectivity index (χ1n) is 5.58. The number of carboxylic acid groups (broad SMARTS) is 1. The Kier molecular flexibility index (Phi) is 3.48. The molecule has 1 fully saturated rings. The maximum atomic E-state index is 11.5. The third-order valence-electron chi connectivity index (χ3n) is 3.28. The van der Waals surface area contributed by atoms with Crippen LogP contribution in [0.3, 0.4) is 0 Å². The lowest BCUT2D eigenvalue weighted by molar-refractivity contribution is -0.144. The van der Waals surface area contributed by atoms with Crippen molar-refractivity contribution in [2.24, 2.45) is 5.92 Å². The van der Waals surface area contributed by atoms with E-state index < -0.39 is 11.9 Å². The molecular weight excluding hydrogens is 240 g/mol. The molecular formula is C13H13ClO3. The zero-order chi connectivity index (χ0) is 12.4. The number of carbonyl (C=O) groups excluding carboxylic acids is 1. The standard InChI is InChI=1S/C13H13ClO3/c14-9-3-1-8(2-4-9)12-7-10(15)5-6-11(12)13(16)17/h1-4,11-12H,5-7H2,(H,16,17)/t11-,12+/m0/s1. The van der Waals surface area contributed by atoms with Crippen LogP contribution in [0.1, 0.15) is 30.7 Å². The lowest BCUT2D eigenvalue weighted by atomic mass is 9.75. The van der Waals surface area contributed by atoms with Gasteiger partial charge in [0.15, 0.2) is 0 Å². The summed E-state index contributed by atoms with van der Waals surface area (Å²) in [4.78, 5) is 22.6. The Morgan fingerprint density at radius 3 is 2.53 bits per heavy atom. The molecule has 1 saturated carbocycles. The number of rotatable bonds is 2. The molecule has 2 rings (SSSR count). The van der Waals surface area contributed by atoms with Crippen molar-refractivity contribution in [3.05, 3.63) is 34.9 Å². The number of halogens is 1. The largest absolute Gasteiger partial charge is 0.481 e. The van der Waals surface area contributed by atoms with Gasteiger partial charge in [-0.15, -0.1) is 0 Å². The van der Waals surface area contributed by atoms with Crippen molar-refractivity contribution in [2.75, 3.05) is 0 Å². The topological polar surface area (TPSA) is 54.4 Å². The van der Waals surface area contributed by atoms with E-state index in [9.17, 15) is 14.7 Å². The minimum Gasteiger partial charge on any atom is -0.481 e. The minimum absolute atomic E-state index is 0.141. The molecule has 0 heterocycles. The Hall–Kier alpha value is -1.35. The fourth-order valence-corrected chi connectivity index (χ4v) is 2.49. The number of ketones is 1. The zero-order valence-electron chi connectivity index (χ0n) is 9.23. The molecule has 2 atom stereocenters. The Morgan fingerprint density at radius 1 is 1.29 bits per heavy atom. The number of benzene rings is 1. The van der Waals surface area contributed by atoms with E-state index in [1.165, 1.54) is 0 Å². The van der Waals surface area contributed by atoms with Crippen LogP contribution in [0.15, 0.2) is 24.3 Å². The summed E-state index contributed by atoms with van der Waals surface area (Å²) in [7, 11) is 0. The van der Waals surface area contributed by atoms with E-state index >= 15 is 0 Å². The smallest absolute Gasteiger partial charge is 0.307 e. The van der Waals surface area contributed by atoms with Crippen LogP contribution in [0, 0.1) is 5.92 Å². The first kappa shape index (κ1) is 12.1. The SMILES string of the molecule is O=C1CC[C@H](C(=O)O)[C@@H](c2ccc(Cl)cc2)C1. The van der Waals surface area contributed by atoms with Gasteiger partial charge in [-0.1, -0.05) is 23.7 Å². The summed E-state index contributed by atoms with van der Waals surface area (Å²) in [6, 6.07) is 7.08. The molecule has 0 aromatic heterocycles. The van der Waals surface area contributed by atoms with Gasteiger partial charge in [-0.05, 0) is 24.1 Å². The average molecular weight is 253 g/mol. The summed E-state index contributed by atoms with van der Waals surface area (Å²) in [6.07, 6.45) is 1.13. The van der Waals surface area contributed by atoms with Crippen LogP contribution in [0.4, 0.5) is 0 Å². The fraction of sp³-hybridized carbons (Fsp3) is 0.385. The van der Waals surface area contributed by atoms with Crippen LogP contribution in [-0.2, 0) is 9.59 Å². The van der Waals surface area contributed by atoms with Crippen LogP contribution < -0.4 is 0 Å². The molecule has 17 heavy (non-hydrogen) atoms. The third kappa shape index (κ3) is 2.67. The number of carboxylic acids is 1. The fourth-order valence-electron chi connectivity index (χ4n) is 2.36. The average Bonchev–Trinajstić information content (AvgIpc) is 2.29. The normalized spacial score (nSPS) is 24.6. The van der Waals surface area contributed by atoms with Crippen molar-refractivity contribution in [3.8, 4) is 0 Å². The van der Waals surface area contributed by atoms with Gasteiger partial charge in [-0.25, -0.2) is 0 Å². The van der Waals surface area contributed by atoms with E-state index in [0.717, 1.165) is 5.56 Å². The van der Waals surface area contributed by atoms with Gasteiger partial charge in [0.1, 0.15) is 5.78 Å². The molecule has 0 amide bonds. The summed E-state index contributed by atoms with van der Waals surface area (Å²) in [5.74, 6) is -1.36. The number of carbonyl (C=O) groups is 2. The number of hydrogen-bond acceptors (Lipinski definition) is 2. The second-order valence-electron chi connectivity index (χ2n) is 4.38. The van der Waals surface area contributed by atoms with E-state index in [-0.39, 0.29) is 11.7 Å². The van der Waals surface area contributed by atoms with Crippen molar-refractivity contribution < 1.29 is 14.7 Å². The molecule has 1 aromatic rings. The van der Waals surface area contributed by atoms with Gasteiger partial charge in [0.25, 0.3) is 0 Å². The van der Waals surface area contributed by atoms with Crippen molar-refractivity contribution in [3.63, 3.8) is 0 Å². The molecule has 1 N–H and O–H groups in total. The molecule has 3 nitrogen and oxygen atoms in total. The first-order chi connectivity index (χ1) is 8.08. The van der Waals surface area contributed by atoms with Gasteiger partial charge in [-0.3, -0.25) is 9.59 Å². The second-order valence-corrected chi connectivity index (χ2v) is 4.82. The van der Waals surface area contributed by atoms with Crippen LogP contribution in [0.5, 0.6) is 0 Å². The molecule has 1 aliphatic rings. The molecule has 1 aromatic carbocycles. The summed E-state index contributed by atoms with van der Waals surface area (Å²) >= 11 is 5.79. The molecule has 0 radical (unpaired) electrons. The molecule has 0 bridgehead atoms. The number of aliphatic carboxylic acids is 1. The summed E-state index contributed by atoms with van der Waals surface area (Å²) in [6.45, 7) is 0. The molecule has 90 valence electrons. The highest BCUT2D eigenvalue weighted by Gasteiger charge is 2.35. The van der Waals surface area contributed by atoms with Gasteiger partial charge >= 0.3 is 5.97 Å². The predicted molar refractivity (Wildman–Crippen MR) is 64.2 cm³/mol. The Morgan fingerprint density at radius 2 is 1.94 bits per heavy atom. The van der Waals surface area contributed by atoms with Crippen molar-refractivity contribution in [1.29, 1.82) is 0 Å². The second kappa shape index (κ2) is 4.88. The van der Waals surface area contributed by atoms with Gasteiger partial charge < -0.3 is 5.11 Å². The highest BCUT2D eigenvalue weighted by Crippen LogP contribution is 2.36. The lowest BCUT2D eigenvalue weighted by Crippen LogP contribution is -2.29. The molecule has 0 aliphatic heterocycles. The molecule has 0 saturated heterocycles. The van der Waals surface area contributed by atoms with Gasteiger partial charge in [0.2, 0.25) is 0 Å². The van der Waals surface area contributed by atoms with Crippen LogP contribution in [0.2, 0.25) is 5.02 Å². The van der Waals surface area contributed by atoms with E-state index in [1.807, 2.05) is 12.1 Å². The number of Topliss-reactive ketones (excluding diaryl/α,β-unsaturated/α-hetero) is 1. The van der Waals surface area contributed by atoms with Gasteiger partial charge in [-0.2, -0.15) is 0 Å². The Labute approximate surface area is 104 Å². The van der Waals surface area contributed by atoms with Crippen molar-refractivity contribution in [1.82, 2.24) is 0 Å².